The number of carbonyl (C=O) groups is 3. The molecule has 8 heteroatoms. The number of carbonyl (C=O) groups excluding carboxylic acids is 3. The third-order valence-corrected chi connectivity index (χ3v) is 5.19. The smallest absolute Gasteiger partial charge is 0.262 e. The summed E-state index contributed by atoms with van der Waals surface area (Å²) in [5.74, 6) is -3.00. The zero-order valence-electron chi connectivity index (χ0n) is 16.4. The van der Waals surface area contributed by atoms with Crippen LogP contribution in [0.4, 0.5) is 0 Å². The van der Waals surface area contributed by atoms with Crippen LogP contribution in [0, 0.1) is 11.8 Å². The van der Waals surface area contributed by atoms with E-state index in [4.69, 9.17) is 22.5 Å². The molecule has 0 spiro atoms. The first kappa shape index (κ1) is 22.6. The summed E-state index contributed by atoms with van der Waals surface area (Å²) in [4.78, 5) is 36.5. The van der Waals surface area contributed by atoms with Crippen molar-refractivity contribution in [2.75, 3.05) is 0 Å². The van der Waals surface area contributed by atoms with Gasteiger partial charge in [0.15, 0.2) is 0 Å². The second-order valence-corrected chi connectivity index (χ2v) is 7.93. The fourth-order valence-corrected chi connectivity index (χ4v) is 3.48. The van der Waals surface area contributed by atoms with Crippen LogP contribution in [-0.4, -0.2) is 34.3 Å². The van der Waals surface area contributed by atoms with Crippen LogP contribution in [0.5, 0.6) is 0 Å². The predicted molar refractivity (Wildman–Crippen MR) is 111 cm³/mol. The standard InChI is InChI=1S/C21H26ClN3O4/c1-12(2)9-16(18(22)21(28)25-29)20(27)24-17(19(23)26)11-13-7-8-14-5-3-4-6-15(14)10-13/h3-8,10,12,16-18,29H,9,11H2,1-2H3,(H2,23,26)(H,24,27)(H,25,28)/t16-,17+,18-/m1/s1. The molecule has 3 amide bonds. The Morgan fingerprint density at radius 3 is 2.31 bits per heavy atom. The third kappa shape index (κ3) is 6.17. The van der Waals surface area contributed by atoms with Gasteiger partial charge in [0.1, 0.15) is 11.4 Å². The number of hydrogen-bond donors (Lipinski definition) is 4. The molecular weight excluding hydrogens is 394 g/mol. The van der Waals surface area contributed by atoms with Crippen LogP contribution in [0.2, 0.25) is 0 Å². The maximum atomic E-state index is 12.8. The number of halogens is 1. The Morgan fingerprint density at radius 2 is 1.72 bits per heavy atom. The maximum Gasteiger partial charge on any atom is 0.262 e. The molecule has 5 N–H and O–H groups in total. The SMILES string of the molecule is CC(C)C[C@@H](C(=O)N[C@@H](Cc1ccc2ccccc2c1)C(N)=O)[C@@H](Cl)C(=O)NO. The van der Waals surface area contributed by atoms with E-state index in [0.29, 0.717) is 6.42 Å². The number of amides is 3. The number of primary amides is 1. The van der Waals surface area contributed by atoms with E-state index in [9.17, 15) is 14.4 Å². The molecule has 0 heterocycles. The molecule has 2 aromatic carbocycles. The molecule has 0 unspecified atom stereocenters. The lowest BCUT2D eigenvalue weighted by molar-refractivity contribution is -0.135. The molecule has 0 aliphatic carbocycles. The molecule has 0 fully saturated rings. The summed E-state index contributed by atoms with van der Waals surface area (Å²) in [6.07, 6.45) is 0.508. The summed E-state index contributed by atoms with van der Waals surface area (Å²) in [6, 6.07) is 12.6. The Hall–Kier alpha value is -2.64. The van der Waals surface area contributed by atoms with E-state index in [1.165, 1.54) is 5.48 Å². The average molecular weight is 420 g/mol. The van der Waals surface area contributed by atoms with Crippen LogP contribution in [0.25, 0.3) is 10.8 Å². The van der Waals surface area contributed by atoms with Gasteiger partial charge in [-0.15, -0.1) is 11.6 Å². The van der Waals surface area contributed by atoms with E-state index >= 15 is 0 Å². The first-order valence-corrected chi connectivity index (χ1v) is 9.82. The minimum atomic E-state index is -1.28. The Bertz CT molecular complexity index is 887. The van der Waals surface area contributed by atoms with Crippen LogP contribution in [0.15, 0.2) is 42.5 Å². The van der Waals surface area contributed by atoms with Crippen LogP contribution in [0.3, 0.4) is 0 Å². The third-order valence-electron chi connectivity index (χ3n) is 4.69. The monoisotopic (exact) mass is 419 g/mol. The lowest BCUT2D eigenvalue weighted by atomic mass is 9.92. The molecule has 0 aliphatic heterocycles. The van der Waals surface area contributed by atoms with E-state index < -0.39 is 35.1 Å². The maximum absolute atomic E-state index is 12.8. The molecule has 0 saturated heterocycles. The van der Waals surface area contributed by atoms with Gasteiger partial charge in [-0.25, -0.2) is 5.48 Å². The van der Waals surface area contributed by atoms with Crippen LogP contribution in [0.1, 0.15) is 25.8 Å². The number of rotatable bonds is 9. The lowest BCUT2D eigenvalue weighted by Gasteiger charge is -2.24. The number of nitrogens with two attached hydrogens (primary N) is 1. The molecule has 2 aromatic rings. The highest BCUT2D eigenvalue weighted by Gasteiger charge is 2.34. The number of benzene rings is 2. The van der Waals surface area contributed by atoms with Gasteiger partial charge in [-0.05, 0) is 28.7 Å². The second-order valence-electron chi connectivity index (χ2n) is 7.46. The summed E-state index contributed by atoms with van der Waals surface area (Å²) in [5.41, 5.74) is 7.80. The van der Waals surface area contributed by atoms with Crippen molar-refractivity contribution >= 4 is 40.1 Å². The average Bonchev–Trinajstić information content (AvgIpc) is 2.69. The minimum Gasteiger partial charge on any atom is -0.368 e. The molecule has 0 saturated carbocycles. The molecule has 3 atom stereocenters. The summed E-state index contributed by atoms with van der Waals surface area (Å²) in [7, 11) is 0. The van der Waals surface area contributed by atoms with Gasteiger partial charge >= 0.3 is 0 Å². The predicted octanol–water partition coefficient (Wildman–Crippen LogP) is 2.13. The molecule has 2 rings (SSSR count). The van der Waals surface area contributed by atoms with Gasteiger partial charge in [-0.3, -0.25) is 19.6 Å². The highest BCUT2D eigenvalue weighted by Crippen LogP contribution is 2.22. The van der Waals surface area contributed by atoms with Crippen LogP contribution >= 0.6 is 11.6 Å². The minimum absolute atomic E-state index is 0.0611. The van der Waals surface area contributed by atoms with E-state index in [2.05, 4.69) is 5.32 Å². The Balaban J connectivity index is 2.18. The largest absolute Gasteiger partial charge is 0.368 e. The first-order chi connectivity index (χ1) is 13.7. The summed E-state index contributed by atoms with van der Waals surface area (Å²) in [5, 5.41) is 12.2. The van der Waals surface area contributed by atoms with E-state index in [0.717, 1.165) is 16.3 Å². The van der Waals surface area contributed by atoms with E-state index in [1.54, 1.807) is 0 Å². The van der Waals surface area contributed by atoms with Crippen molar-refractivity contribution in [1.29, 1.82) is 0 Å². The highest BCUT2D eigenvalue weighted by atomic mass is 35.5. The number of fused-ring (bicyclic) bond motifs is 1. The van der Waals surface area contributed by atoms with Gasteiger partial charge in [0, 0.05) is 6.42 Å². The molecule has 29 heavy (non-hydrogen) atoms. The van der Waals surface area contributed by atoms with Crippen molar-refractivity contribution in [3.63, 3.8) is 0 Å². The van der Waals surface area contributed by atoms with Gasteiger partial charge in [-0.2, -0.15) is 0 Å². The molecule has 156 valence electrons. The molecule has 0 aromatic heterocycles. The number of nitrogens with one attached hydrogen (secondary N) is 2. The number of hydroxylamine groups is 1. The van der Waals surface area contributed by atoms with Crippen molar-refractivity contribution in [3.8, 4) is 0 Å². The highest BCUT2D eigenvalue weighted by molar-refractivity contribution is 6.32. The summed E-state index contributed by atoms with van der Waals surface area (Å²) >= 11 is 6.08. The zero-order chi connectivity index (χ0) is 21.6. The van der Waals surface area contributed by atoms with Crippen molar-refractivity contribution in [2.45, 2.75) is 38.1 Å². The van der Waals surface area contributed by atoms with Crippen LogP contribution < -0.4 is 16.5 Å². The fourth-order valence-electron chi connectivity index (χ4n) is 3.21. The lowest BCUT2D eigenvalue weighted by Crippen LogP contribution is -2.51. The second kappa shape index (κ2) is 10.2. The Kier molecular flexibility index (Phi) is 7.99. The number of hydrogen-bond acceptors (Lipinski definition) is 4. The van der Waals surface area contributed by atoms with Gasteiger partial charge in [0.2, 0.25) is 11.8 Å². The number of alkyl halides is 1. The van der Waals surface area contributed by atoms with Gasteiger partial charge < -0.3 is 11.1 Å². The van der Waals surface area contributed by atoms with Crippen molar-refractivity contribution in [2.24, 2.45) is 17.6 Å². The van der Waals surface area contributed by atoms with Gasteiger partial charge in [0.05, 0.1) is 5.92 Å². The van der Waals surface area contributed by atoms with Crippen molar-refractivity contribution in [1.82, 2.24) is 10.8 Å². The van der Waals surface area contributed by atoms with Crippen molar-refractivity contribution < 1.29 is 19.6 Å². The molecule has 0 aliphatic rings. The first-order valence-electron chi connectivity index (χ1n) is 9.38. The Morgan fingerprint density at radius 1 is 1.07 bits per heavy atom. The molecule has 7 nitrogen and oxygen atoms in total. The summed E-state index contributed by atoms with van der Waals surface area (Å²) in [6.45, 7) is 3.75. The molecule has 0 bridgehead atoms. The quantitative estimate of drug-likeness (QED) is 0.282. The normalized spacial score (nSPS) is 14.2. The topological polar surface area (TPSA) is 122 Å². The van der Waals surface area contributed by atoms with Crippen LogP contribution in [-0.2, 0) is 20.8 Å². The van der Waals surface area contributed by atoms with Gasteiger partial charge in [0.25, 0.3) is 5.91 Å². The van der Waals surface area contributed by atoms with E-state index in [1.807, 2.05) is 56.3 Å². The van der Waals surface area contributed by atoms with E-state index in [-0.39, 0.29) is 12.3 Å². The molecule has 0 radical (unpaired) electrons. The summed E-state index contributed by atoms with van der Waals surface area (Å²) < 4.78 is 0. The van der Waals surface area contributed by atoms with Crippen molar-refractivity contribution in [3.05, 3.63) is 48.0 Å². The van der Waals surface area contributed by atoms with Gasteiger partial charge in [-0.1, -0.05) is 56.3 Å². The fraction of sp³-hybridized carbons (Fsp3) is 0.381. The zero-order valence-corrected chi connectivity index (χ0v) is 17.1. The molecular formula is C21H26ClN3O4. The Labute approximate surface area is 174 Å².